The van der Waals surface area contributed by atoms with Crippen LogP contribution in [0.1, 0.15) is 27.7 Å². The highest BCUT2D eigenvalue weighted by Crippen LogP contribution is 2.31. The second-order valence-corrected chi connectivity index (χ2v) is 7.26. The van der Waals surface area contributed by atoms with E-state index in [1.54, 1.807) is 4.90 Å². The summed E-state index contributed by atoms with van der Waals surface area (Å²) in [6.07, 6.45) is -4.55. The monoisotopic (exact) mass is 471 g/mol. The number of nitrogens with zero attached hydrogens (tertiary/aromatic N) is 1. The van der Waals surface area contributed by atoms with E-state index >= 15 is 0 Å². The van der Waals surface area contributed by atoms with Crippen LogP contribution >= 0.6 is 23.2 Å². The molecule has 30 heavy (non-hydrogen) atoms. The molecule has 12 heteroatoms. The lowest BCUT2D eigenvalue weighted by Gasteiger charge is -2.48. The van der Waals surface area contributed by atoms with Crippen molar-refractivity contribution in [3.63, 3.8) is 0 Å². The molecule has 1 rings (SSSR count). The Bertz CT molecular complexity index is 612. The lowest BCUT2D eigenvalue weighted by atomic mass is 9.94. The summed E-state index contributed by atoms with van der Waals surface area (Å²) in [7, 11) is 0. The third-order valence-corrected chi connectivity index (χ3v) is 4.45. The zero-order valence-electron chi connectivity index (χ0n) is 17.3. The Balaban J connectivity index is 3.43. The Morgan fingerprint density at radius 1 is 0.800 bits per heavy atom. The summed E-state index contributed by atoms with van der Waals surface area (Å²) in [6, 6.07) is -0.881. The van der Waals surface area contributed by atoms with E-state index in [9.17, 15) is 19.2 Å². The van der Waals surface area contributed by atoms with Gasteiger partial charge in [0.05, 0.1) is 0 Å². The Hall–Kier alpha value is -1.62. The van der Waals surface area contributed by atoms with Crippen LogP contribution in [0, 0.1) is 0 Å². The molecule has 1 aliphatic rings. The number of halogens is 2. The molecule has 10 nitrogen and oxygen atoms in total. The average molecular weight is 472 g/mol. The quantitative estimate of drug-likeness (QED) is 0.257. The third-order valence-electron chi connectivity index (χ3n) is 4.12. The minimum Gasteiger partial charge on any atom is -0.463 e. The second kappa shape index (κ2) is 12.9. The number of hydrogen-bond acceptors (Lipinski definition) is 10. The number of esters is 4. The summed E-state index contributed by atoms with van der Waals surface area (Å²) < 4.78 is 27.0. The zero-order chi connectivity index (χ0) is 22.8. The van der Waals surface area contributed by atoms with E-state index in [1.165, 1.54) is 27.7 Å². The van der Waals surface area contributed by atoms with E-state index in [0.29, 0.717) is 13.1 Å². The van der Waals surface area contributed by atoms with Crippen LogP contribution in [0.5, 0.6) is 0 Å². The van der Waals surface area contributed by atoms with Gasteiger partial charge < -0.3 is 23.7 Å². The van der Waals surface area contributed by atoms with Gasteiger partial charge in [-0.1, -0.05) is 0 Å². The number of hydrogen-bond donors (Lipinski definition) is 0. The van der Waals surface area contributed by atoms with E-state index in [2.05, 4.69) is 0 Å². The normalized spacial score (nSPS) is 26.0. The van der Waals surface area contributed by atoms with Gasteiger partial charge in [-0.25, -0.2) is 0 Å². The van der Waals surface area contributed by atoms with Gasteiger partial charge in [-0.05, 0) is 0 Å². The first-order valence-corrected chi connectivity index (χ1v) is 10.3. The fourth-order valence-electron chi connectivity index (χ4n) is 3.16. The summed E-state index contributed by atoms with van der Waals surface area (Å²) in [6.45, 7) is 5.01. The Morgan fingerprint density at radius 2 is 1.30 bits per heavy atom. The Morgan fingerprint density at radius 3 is 1.73 bits per heavy atom. The van der Waals surface area contributed by atoms with Crippen LogP contribution in [0.2, 0.25) is 0 Å². The van der Waals surface area contributed by atoms with Gasteiger partial charge in [-0.3, -0.25) is 24.1 Å². The van der Waals surface area contributed by atoms with Crippen molar-refractivity contribution in [3.8, 4) is 0 Å². The van der Waals surface area contributed by atoms with Crippen molar-refractivity contribution in [2.24, 2.45) is 0 Å². The molecule has 0 radical (unpaired) electrons. The highest BCUT2D eigenvalue weighted by atomic mass is 35.5. The Labute approximate surface area is 185 Å². The van der Waals surface area contributed by atoms with E-state index in [-0.39, 0.29) is 18.4 Å². The molecule has 0 N–H and O–H groups in total. The summed E-state index contributed by atoms with van der Waals surface area (Å²) >= 11 is 11.8. The number of rotatable bonds is 10. The topological polar surface area (TPSA) is 118 Å². The predicted molar refractivity (Wildman–Crippen MR) is 105 cm³/mol. The molecule has 0 aromatic carbocycles. The van der Waals surface area contributed by atoms with E-state index in [4.69, 9.17) is 46.9 Å². The molecule has 1 saturated heterocycles. The van der Waals surface area contributed by atoms with E-state index in [0.717, 1.165) is 0 Å². The first-order valence-electron chi connectivity index (χ1n) is 9.27. The maximum Gasteiger partial charge on any atom is 0.304 e. The molecule has 1 fully saturated rings. The lowest BCUT2D eigenvalue weighted by Crippen LogP contribution is -2.67. The van der Waals surface area contributed by atoms with Gasteiger partial charge in [0.1, 0.15) is 18.8 Å². The molecule has 0 amide bonds. The van der Waals surface area contributed by atoms with Gasteiger partial charge in [0.25, 0.3) is 0 Å². The van der Waals surface area contributed by atoms with Crippen LogP contribution in [0.4, 0.5) is 0 Å². The molecule has 1 heterocycles. The molecule has 0 spiro atoms. The van der Waals surface area contributed by atoms with Crippen LogP contribution in [-0.4, -0.2) is 90.9 Å². The maximum absolute atomic E-state index is 11.9. The van der Waals surface area contributed by atoms with E-state index < -0.39 is 54.5 Å². The van der Waals surface area contributed by atoms with Crippen molar-refractivity contribution in [3.05, 3.63) is 0 Å². The highest BCUT2D eigenvalue weighted by Gasteiger charge is 2.53. The van der Waals surface area contributed by atoms with Crippen LogP contribution in [0.25, 0.3) is 0 Å². The molecule has 5 atom stereocenters. The molecule has 0 aromatic heterocycles. The van der Waals surface area contributed by atoms with Crippen LogP contribution in [0.15, 0.2) is 0 Å². The van der Waals surface area contributed by atoms with Gasteiger partial charge in [0.2, 0.25) is 6.29 Å². The summed E-state index contributed by atoms with van der Waals surface area (Å²) in [5.41, 5.74) is 0. The molecule has 1 aliphatic heterocycles. The van der Waals surface area contributed by atoms with Gasteiger partial charge in [0.15, 0.2) is 12.2 Å². The van der Waals surface area contributed by atoms with Gasteiger partial charge in [0, 0.05) is 52.5 Å². The number of carbonyl (C=O) groups is 4. The fraction of sp³-hybridized carbons (Fsp3) is 0.778. The first-order chi connectivity index (χ1) is 14.1. The van der Waals surface area contributed by atoms with Crippen molar-refractivity contribution in [1.29, 1.82) is 0 Å². The predicted octanol–water partition coefficient (Wildman–Crippen LogP) is 0.849. The zero-order valence-corrected chi connectivity index (χ0v) is 18.8. The Kier molecular flexibility index (Phi) is 11.4. The van der Waals surface area contributed by atoms with Gasteiger partial charge in [-0.2, -0.15) is 0 Å². The number of alkyl halides is 2. The molecule has 0 bridgehead atoms. The number of carbonyl (C=O) groups excluding carboxylic acids is 4. The summed E-state index contributed by atoms with van der Waals surface area (Å²) in [4.78, 5) is 48.3. The molecule has 0 aromatic rings. The largest absolute Gasteiger partial charge is 0.463 e. The smallest absolute Gasteiger partial charge is 0.304 e. The third kappa shape index (κ3) is 8.25. The molecular weight excluding hydrogens is 445 g/mol. The van der Waals surface area contributed by atoms with Crippen molar-refractivity contribution in [2.45, 2.75) is 58.3 Å². The summed E-state index contributed by atoms with van der Waals surface area (Å²) in [5, 5.41) is 0. The molecule has 0 aliphatic carbocycles. The lowest BCUT2D eigenvalue weighted by molar-refractivity contribution is -0.285. The minimum absolute atomic E-state index is 0.197. The van der Waals surface area contributed by atoms with Gasteiger partial charge in [-0.15, -0.1) is 23.2 Å². The van der Waals surface area contributed by atoms with Crippen molar-refractivity contribution >= 4 is 47.1 Å². The SMILES string of the molecule is CC(=O)OCC1OC(OC(C)=O)C(N(CCCl)CCCl)C(OC(C)=O)C1OC(C)=O. The summed E-state index contributed by atoms with van der Waals surface area (Å²) in [5.74, 6) is -2.18. The average Bonchev–Trinajstić information content (AvgIpc) is 2.61. The highest BCUT2D eigenvalue weighted by molar-refractivity contribution is 6.18. The van der Waals surface area contributed by atoms with Crippen molar-refractivity contribution < 1.29 is 42.9 Å². The second-order valence-electron chi connectivity index (χ2n) is 6.51. The first kappa shape index (κ1) is 26.4. The van der Waals surface area contributed by atoms with Crippen LogP contribution in [0.3, 0.4) is 0 Å². The minimum atomic E-state index is -1.23. The molecule has 172 valence electrons. The molecule has 0 saturated carbocycles. The standard InChI is InChI=1S/C18H27Cl2NO9/c1-10(22)26-9-14-16(27-11(2)23)17(28-12(3)24)15(18(30-14)29-13(4)25)21(7-5-19)8-6-20/h14-18H,5-9H2,1-4H3. The molecular formula is C18H27Cl2NO9. The van der Waals surface area contributed by atoms with Crippen LogP contribution in [-0.2, 0) is 42.9 Å². The van der Waals surface area contributed by atoms with Crippen LogP contribution < -0.4 is 0 Å². The van der Waals surface area contributed by atoms with Gasteiger partial charge >= 0.3 is 23.9 Å². The van der Waals surface area contributed by atoms with Crippen molar-refractivity contribution in [2.75, 3.05) is 31.5 Å². The van der Waals surface area contributed by atoms with E-state index in [1.807, 2.05) is 0 Å². The number of ether oxygens (including phenoxy) is 5. The molecule has 5 unspecified atom stereocenters. The van der Waals surface area contributed by atoms with Crippen molar-refractivity contribution in [1.82, 2.24) is 4.90 Å². The fourth-order valence-corrected chi connectivity index (χ4v) is 3.59. The maximum atomic E-state index is 11.9.